The van der Waals surface area contributed by atoms with E-state index in [9.17, 15) is 15.3 Å². The molecule has 1 fully saturated rings. The molecule has 22 heavy (non-hydrogen) atoms. The van der Waals surface area contributed by atoms with Crippen LogP contribution in [0.2, 0.25) is 0 Å². The van der Waals surface area contributed by atoms with Crippen molar-refractivity contribution in [1.29, 1.82) is 0 Å². The van der Waals surface area contributed by atoms with E-state index in [-0.39, 0.29) is 6.61 Å². The van der Waals surface area contributed by atoms with Crippen LogP contribution in [0.5, 0.6) is 0 Å². The van der Waals surface area contributed by atoms with Crippen LogP contribution in [-0.4, -0.2) is 64.3 Å². The monoisotopic (exact) mass is 310 g/mol. The Morgan fingerprint density at radius 1 is 1.14 bits per heavy atom. The van der Waals surface area contributed by atoms with Gasteiger partial charge in [-0.15, -0.1) is 0 Å². The third kappa shape index (κ3) is 5.78. The molecule has 6 nitrogen and oxygen atoms in total. The SMILES string of the molecule is C/C=C\C#CC#CCCCO[C@@H]1O[C@H](CO)[C@H](O)[C@H](O)[C@H]1O. The van der Waals surface area contributed by atoms with Crippen LogP contribution in [0.1, 0.15) is 19.8 Å². The van der Waals surface area contributed by atoms with Crippen LogP contribution in [0.25, 0.3) is 0 Å². The lowest BCUT2D eigenvalue weighted by atomic mass is 9.99. The van der Waals surface area contributed by atoms with Gasteiger partial charge in [-0.1, -0.05) is 17.9 Å². The zero-order chi connectivity index (χ0) is 16.4. The average Bonchev–Trinajstić information content (AvgIpc) is 2.53. The summed E-state index contributed by atoms with van der Waals surface area (Å²) >= 11 is 0. The van der Waals surface area contributed by atoms with Crippen molar-refractivity contribution < 1.29 is 29.9 Å². The molecule has 0 unspecified atom stereocenters. The normalized spacial score (nSPS) is 31.2. The highest BCUT2D eigenvalue weighted by Crippen LogP contribution is 2.21. The van der Waals surface area contributed by atoms with Crippen LogP contribution >= 0.6 is 0 Å². The quantitative estimate of drug-likeness (QED) is 0.391. The zero-order valence-electron chi connectivity index (χ0n) is 12.5. The van der Waals surface area contributed by atoms with E-state index in [2.05, 4.69) is 23.7 Å². The molecule has 0 spiro atoms. The fourth-order valence-electron chi connectivity index (χ4n) is 1.83. The number of aliphatic hydroxyl groups excluding tert-OH is 4. The highest BCUT2D eigenvalue weighted by Gasteiger charge is 2.43. The van der Waals surface area contributed by atoms with Crippen LogP contribution in [0, 0.1) is 23.7 Å². The number of rotatable bonds is 5. The molecule has 5 atom stereocenters. The van der Waals surface area contributed by atoms with E-state index in [0.29, 0.717) is 12.8 Å². The number of aliphatic hydroxyl groups is 4. The smallest absolute Gasteiger partial charge is 0.186 e. The molecule has 0 aromatic carbocycles. The van der Waals surface area contributed by atoms with Crippen molar-refractivity contribution in [1.82, 2.24) is 0 Å². The van der Waals surface area contributed by atoms with Crippen LogP contribution in [0.15, 0.2) is 12.2 Å². The number of ether oxygens (including phenoxy) is 2. The molecule has 1 aliphatic rings. The van der Waals surface area contributed by atoms with Crippen molar-refractivity contribution in [3.8, 4) is 23.7 Å². The highest BCUT2D eigenvalue weighted by atomic mass is 16.7. The van der Waals surface area contributed by atoms with Crippen LogP contribution < -0.4 is 0 Å². The van der Waals surface area contributed by atoms with E-state index < -0.39 is 37.3 Å². The van der Waals surface area contributed by atoms with Gasteiger partial charge in [-0.05, 0) is 31.3 Å². The summed E-state index contributed by atoms with van der Waals surface area (Å²) in [7, 11) is 0. The first-order valence-electron chi connectivity index (χ1n) is 7.13. The minimum Gasteiger partial charge on any atom is -0.394 e. The summed E-state index contributed by atoms with van der Waals surface area (Å²) < 4.78 is 10.5. The van der Waals surface area contributed by atoms with Gasteiger partial charge in [0.05, 0.1) is 13.2 Å². The number of allylic oxidation sites excluding steroid dienone is 2. The molecule has 1 rings (SSSR count). The Bertz CT molecular complexity index is 464. The van der Waals surface area contributed by atoms with Crippen LogP contribution in [0.4, 0.5) is 0 Å². The maximum absolute atomic E-state index is 9.75. The Morgan fingerprint density at radius 2 is 1.91 bits per heavy atom. The highest BCUT2D eigenvalue weighted by molar-refractivity contribution is 5.30. The molecule has 0 aliphatic carbocycles. The predicted octanol–water partition coefficient (Wildman–Crippen LogP) is -0.834. The third-order valence-corrected chi connectivity index (χ3v) is 3.05. The molecular weight excluding hydrogens is 288 g/mol. The molecule has 0 bridgehead atoms. The summed E-state index contributed by atoms with van der Waals surface area (Å²) in [5.41, 5.74) is 0. The summed E-state index contributed by atoms with van der Waals surface area (Å²) in [5.74, 6) is 11.0. The maximum Gasteiger partial charge on any atom is 0.186 e. The van der Waals surface area contributed by atoms with Crippen molar-refractivity contribution in [2.45, 2.75) is 50.5 Å². The third-order valence-electron chi connectivity index (χ3n) is 3.05. The molecule has 122 valence electrons. The first kappa shape index (κ1) is 18.7. The number of hydrogen-bond acceptors (Lipinski definition) is 6. The van der Waals surface area contributed by atoms with Gasteiger partial charge in [-0.25, -0.2) is 0 Å². The second-order valence-electron chi connectivity index (χ2n) is 4.74. The molecule has 0 aromatic heterocycles. The molecule has 0 aromatic rings. The summed E-state index contributed by atoms with van der Waals surface area (Å²) in [5, 5.41) is 38.0. The van der Waals surface area contributed by atoms with Gasteiger partial charge in [0.1, 0.15) is 24.4 Å². The zero-order valence-corrected chi connectivity index (χ0v) is 12.5. The van der Waals surface area contributed by atoms with E-state index in [0.717, 1.165) is 0 Å². The van der Waals surface area contributed by atoms with E-state index in [4.69, 9.17) is 14.6 Å². The standard InChI is InChI=1S/C16H22O6/c1-2-3-4-5-6-7-8-9-10-21-16-15(20)14(19)13(18)12(11-17)22-16/h2-3,12-20H,8-11H2,1H3/b3-2-/t12-,13+,14+,15-,16-/m1/s1. The molecule has 6 heteroatoms. The molecule has 1 heterocycles. The summed E-state index contributed by atoms with van der Waals surface area (Å²) in [6.07, 6.45) is -1.49. The first-order valence-corrected chi connectivity index (χ1v) is 7.13. The van der Waals surface area contributed by atoms with E-state index in [1.807, 2.05) is 13.0 Å². The van der Waals surface area contributed by atoms with Gasteiger partial charge in [-0.3, -0.25) is 0 Å². The van der Waals surface area contributed by atoms with E-state index >= 15 is 0 Å². The number of unbranched alkanes of at least 4 members (excludes halogenated alkanes) is 1. The van der Waals surface area contributed by atoms with E-state index in [1.165, 1.54) is 0 Å². The van der Waals surface area contributed by atoms with Crippen molar-refractivity contribution in [2.24, 2.45) is 0 Å². The number of hydrogen-bond donors (Lipinski definition) is 4. The lowest BCUT2D eigenvalue weighted by Crippen LogP contribution is -2.59. The van der Waals surface area contributed by atoms with E-state index in [1.54, 1.807) is 6.08 Å². The van der Waals surface area contributed by atoms with Gasteiger partial charge in [0.25, 0.3) is 0 Å². The Morgan fingerprint density at radius 3 is 2.59 bits per heavy atom. The molecule has 0 amide bonds. The van der Waals surface area contributed by atoms with Gasteiger partial charge >= 0.3 is 0 Å². The lowest BCUT2D eigenvalue weighted by Gasteiger charge is -2.39. The summed E-state index contributed by atoms with van der Waals surface area (Å²) in [6.45, 7) is 1.67. The van der Waals surface area contributed by atoms with Gasteiger partial charge in [0, 0.05) is 6.42 Å². The van der Waals surface area contributed by atoms with Crippen molar-refractivity contribution in [2.75, 3.05) is 13.2 Å². The summed E-state index contributed by atoms with van der Waals surface area (Å²) in [4.78, 5) is 0. The van der Waals surface area contributed by atoms with Gasteiger partial charge in [-0.2, -0.15) is 0 Å². The molecule has 0 radical (unpaired) electrons. The van der Waals surface area contributed by atoms with Crippen molar-refractivity contribution >= 4 is 0 Å². The Kier molecular flexibility index (Phi) is 8.79. The van der Waals surface area contributed by atoms with Crippen molar-refractivity contribution in [3.05, 3.63) is 12.2 Å². The van der Waals surface area contributed by atoms with Gasteiger partial charge in [0.15, 0.2) is 6.29 Å². The van der Waals surface area contributed by atoms with Crippen LogP contribution in [0.3, 0.4) is 0 Å². The van der Waals surface area contributed by atoms with Crippen LogP contribution in [-0.2, 0) is 9.47 Å². The second kappa shape index (κ2) is 10.4. The first-order chi connectivity index (χ1) is 10.6. The molecular formula is C16H22O6. The molecule has 1 saturated heterocycles. The largest absolute Gasteiger partial charge is 0.394 e. The minimum atomic E-state index is -1.42. The Labute approximate surface area is 130 Å². The topological polar surface area (TPSA) is 99.4 Å². The molecule has 0 saturated carbocycles. The predicted molar refractivity (Wildman–Crippen MR) is 79.3 cm³/mol. The minimum absolute atomic E-state index is 0.264. The fraction of sp³-hybridized carbons (Fsp3) is 0.625. The Hall–Kier alpha value is -1.38. The van der Waals surface area contributed by atoms with Gasteiger partial charge in [0.2, 0.25) is 0 Å². The average molecular weight is 310 g/mol. The Balaban J connectivity index is 2.31. The summed E-state index contributed by atoms with van der Waals surface area (Å²) in [6, 6.07) is 0. The molecule has 4 N–H and O–H groups in total. The maximum atomic E-state index is 9.75. The fourth-order valence-corrected chi connectivity index (χ4v) is 1.83. The molecule has 1 aliphatic heterocycles. The van der Waals surface area contributed by atoms with Crippen molar-refractivity contribution in [3.63, 3.8) is 0 Å². The second-order valence-corrected chi connectivity index (χ2v) is 4.74. The lowest BCUT2D eigenvalue weighted by molar-refractivity contribution is -0.301. The van der Waals surface area contributed by atoms with Gasteiger partial charge < -0.3 is 29.9 Å².